The molecule has 0 aliphatic carbocycles. The zero-order chi connectivity index (χ0) is 12.7. The molecule has 6 heteroatoms. The number of thiophene rings is 1. The monoisotopic (exact) mass is 293 g/mol. The number of carbonyl (C=O) groups is 1. The molecular weight excluding hydrogens is 278 g/mol. The molecule has 96 valence electrons. The molecule has 0 saturated heterocycles. The Morgan fingerprint density at radius 3 is 3.00 bits per heavy atom. The predicted molar refractivity (Wildman–Crippen MR) is 74.8 cm³/mol. The first-order valence-corrected chi connectivity index (χ1v) is 7.69. The van der Waals surface area contributed by atoms with Crippen molar-refractivity contribution in [1.82, 2.24) is 5.32 Å². The normalized spacial score (nSPS) is 12.4. The molecule has 1 amide bonds. The highest BCUT2D eigenvalue weighted by Gasteiger charge is 2.07. The Morgan fingerprint density at radius 2 is 2.41 bits per heavy atom. The minimum Gasteiger partial charge on any atom is -0.396 e. The minimum atomic E-state index is 0.0126. The molecule has 0 aliphatic heterocycles. The summed E-state index contributed by atoms with van der Waals surface area (Å²) in [6.45, 7) is 1.99. The second kappa shape index (κ2) is 7.97. The van der Waals surface area contributed by atoms with Crippen LogP contribution in [0.4, 0.5) is 0 Å². The highest BCUT2D eigenvalue weighted by atomic mass is 35.5. The average Bonchev–Trinajstić information content (AvgIpc) is 2.64. The van der Waals surface area contributed by atoms with Crippen LogP contribution >= 0.6 is 34.7 Å². The molecule has 0 spiro atoms. The largest absolute Gasteiger partial charge is 0.396 e. The lowest BCUT2D eigenvalue weighted by Crippen LogP contribution is -2.34. The molecule has 1 aromatic rings. The molecule has 3 nitrogen and oxygen atoms in total. The Bertz CT molecular complexity index is 357. The SMILES string of the molecule is CC(CCO)NC(=O)CSCc1ccc(Cl)s1. The van der Waals surface area contributed by atoms with E-state index >= 15 is 0 Å². The Hall–Kier alpha value is -0.230. The minimum absolute atomic E-state index is 0.0126. The zero-order valence-corrected chi connectivity index (χ0v) is 12.0. The number of hydrogen-bond acceptors (Lipinski definition) is 4. The van der Waals surface area contributed by atoms with Crippen LogP contribution in [0, 0.1) is 0 Å². The Kier molecular flexibility index (Phi) is 6.96. The number of thioether (sulfide) groups is 1. The summed E-state index contributed by atoms with van der Waals surface area (Å²) in [5.41, 5.74) is 0. The molecular formula is C11H16ClNO2S2. The van der Waals surface area contributed by atoms with Crippen LogP contribution in [0.15, 0.2) is 12.1 Å². The molecule has 0 radical (unpaired) electrons. The van der Waals surface area contributed by atoms with Crippen LogP contribution in [0.25, 0.3) is 0 Å². The lowest BCUT2D eigenvalue weighted by Gasteiger charge is -2.11. The maximum atomic E-state index is 11.5. The van der Waals surface area contributed by atoms with Crippen LogP contribution in [0.2, 0.25) is 4.34 Å². The third-order valence-corrected chi connectivity index (χ3v) is 4.47. The second-order valence-corrected chi connectivity index (χ2v) is 6.46. The summed E-state index contributed by atoms with van der Waals surface area (Å²) in [7, 11) is 0. The number of aliphatic hydroxyl groups excluding tert-OH is 1. The number of carbonyl (C=O) groups excluding carboxylic acids is 1. The lowest BCUT2D eigenvalue weighted by atomic mass is 10.2. The summed E-state index contributed by atoms with van der Waals surface area (Å²) in [6.07, 6.45) is 0.594. The fraction of sp³-hybridized carbons (Fsp3) is 0.545. The Balaban J connectivity index is 2.16. The molecule has 0 fully saturated rings. The van der Waals surface area contributed by atoms with E-state index < -0.39 is 0 Å². The van der Waals surface area contributed by atoms with Crippen molar-refractivity contribution in [3.8, 4) is 0 Å². The highest BCUT2D eigenvalue weighted by Crippen LogP contribution is 2.24. The van der Waals surface area contributed by atoms with Crippen molar-refractivity contribution >= 4 is 40.6 Å². The fourth-order valence-electron chi connectivity index (χ4n) is 1.26. The van der Waals surface area contributed by atoms with Crippen LogP contribution in [0.5, 0.6) is 0 Å². The van der Waals surface area contributed by atoms with Crippen LogP contribution in [-0.2, 0) is 10.5 Å². The Morgan fingerprint density at radius 1 is 1.65 bits per heavy atom. The van der Waals surface area contributed by atoms with Gasteiger partial charge in [-0.3, -0.25) is 4.79 Å². The summed E-state index contributed by atoms with van der Waals surface area (Å²) in [4.78, 5) is 12.7. The van der Waals surface area contributed by atoms with Crippen molar-refractivity contribution in [2.24, 2.45) is 0 Å². The van der Waals surface area contributed by atoms with Crippen molar-refractivity contribution < 1.29 is 9.90 Å². The molecule has 2 N–H and O–H groups in total. The number of hydrogen-bond donors (Lipinski definition) is 2. The van der Waals surface area contributed by atoms with E-state index in [0.717, 1.165) is 10.1 Å². The van der Waals surface area contributed by atoms with E-state index in [-0.39, 0.29) is 18.6 Å². The van der Waals surface area contributed by atoms with Gasteiger partial charge in [0.15, 0.2) is 0 Å². The fourth-order valence-corrected chi connectivity index (χ4v) is 3.29. The van der Waals surface area contributed by atoms with Gasteiger partial charge in [0.2, 0.25) is 5.91 Å². The molecule has 0 bridgehead atoms. The molecule has 17 heavy (non-hydrogen) atoms. The van der Waals surface area contributed by atoms with Crippen LogP contribution in [-0.4, -0.2) is 29.4 Å². The number of amides is 1. The van der Waals surface area contributed by atoms with Crippen LogP contribution in [0.1, 0.15) is 18.2 Å². The van der Waals surface area contributed by atoms with E-state index in [9.17, 15) is 4.79 Å². The van der Waals surface area contributed by atoms with Crippen LogP contribution < -0.4 is 5.32 Å². The van der Waals surface area contributed by atoms with E-state index in [0.29, 0.717) is 12.2 Å². The number of aliphatic hydroxyl groups is 1. The van der Waals surface area contributed by atoms with E-state index in [1.165, 1.54) is 4.88 Å². The standard InChI is InChI=1S/C11H16ClNO2S2/c1-8(4-5-14)13-11(15)7-16-6-9-2-3-10(12)17-9/h2-3,8,14H,4-7H2,1H3,(H,13,15). The van der Waals surface area contributed by atoms with Gasteiger partial charge >= 0.3 is 0 Å². The second-order valence-electron chi connectivity index (χ2n) is 3.68. The van der Waals surface area contributed by atoms with Gasteiger partial charge in [-0.05, 0) is 25.5 Å². The van der Waals surface area contributed by atoms with Gasteiger partial charge < -0.3 is 10.4 Å². The first kappa shape index (κ1) is 14.8. The van der Waals surface area contributed by atoms with Crippen LogP contribution in [0.3, 0.4) is 0 Å². The summed E-state index contributed by atoms with van der Waals surface area (Å²) in [5, 5.41) is 11.5. The molecule has 0 aliphatic rings. The van der Waals surface area contributed by atoms with E-state index in [4.69, 9.17) is 16.7 Å². The van der Waals surface area contributed by atoms with Gasteiger partial charge in [0.1, 0.15) is 0 Å². The molecule has 0 saturated carbocycles. The van der Waals surface area contributed by atoms with Gasteiger partial charge in [0, 0.05) is 23.3 Å². The topological polar surface area (TPSA) is 49.3 Å². The summed E-state index contributed by atoms with van der Waals surface area (Å²) in [6, 6.07) is 3.88. The smallest absolute Gasteiger partial charge is 0.230 e. The van der Waals surface area contributed by atoms with Crippen molar-refractivity contribution in [2.45, 2.75) is 25.1 Å². The molecule has 1 unspecified atom stereocenters. The lowest BCUT2D eigenvalue weighted by molar-refractivity contribution is -0.119. The van der Waals surface area contributed by atoms with Crippen molar-refractivity contribution in [2.75, 3.05) is 12.4 Å². The van der Waals surface area contributed by atoms with E-state index in [1.807, 2.05) is 19.1 Å². The average molecular weight is 294 g/mol. The quantitative estimate of drug-likeness (QED) is 0.812. The van der Waals surface area contributed by atoms with Crippen molar-refractivity contribution in [1.29, 1.82) is 0 Å². The first-order valence-electron chi connectivity index (χ1n) is 5.34. The third kappa shape index (κ3) is 6.31. The van der Waals surface area contributed by atoms with E-state index in [2.05, 4.69) is 5.32 Å². The maximum absolute atomic E-state index is 11.5. The zero-order valence-electron chi connectivity index (χ0n) is 9.61. The third-order valence-electron chi connectivity index (χ3n) is 2.08. The summed E-state index contributed by atoms with van der Waals surface area (Å²) in [5.74, 6) is 1.25. The molecule has 1 rings (SSSR count). The number of halogens is 1. The van der Waals surface area contributed by atoms with Gasteiger partial charge in [0.25, 0.3) is 0 Å². The first-order chi connectivity index (χ1) is 8.11. The molecule has 1 aromatic heterocycles. The summed E-state index contributed by atoms with van der Waals surface area (Å²) < 4.78 is 0.779. The molecule has 1 heterocycles. The van der Waals surface area contributed by atoms with Gasteiger partial charge in [-0.15, -0.1) is 23.1 Å². The van der Waals surface area contributed by atoms with Gasteiger partial charge in [-0.1, -0.05) is 11.6 Å². The predicted octanol–water partition coefficient (Wildman–Crippen LogP) is 2.52. The van der Waals surface area contributed by atoms with E-state index in [1.54, 1.807) is 23.1 Å². The molecule has 0 aromatic carbocycles. The van der Waals surface area contributed by atoms with Gasteiger partial charge in [-0.2, -0.15) is 0 Å². The van der Waals surface area contributed by atoms with Crippen molar-refractivity contribution in [3.05, 3.63) is 21.3 Å². The highest BCUT2D eigenvalue weighted by molar-refractivity contribution is 7.99. The number of nitrogens with one attached hydrogen (secondary N) is 1. The number of rotatable bonds is 7. The Labute approximate surface area is 115 Å². The maximum Gasteiger partial charge on any atom is 0.230 e. The summed E-state index contributed by atoms with van der Waals surface area (Å²) >= 11 is 8.92. The van der Waals surface area contributed by atoms with Gasteiger partial charge in [0.05, 0.1) is 10.1 Å². The van der Waals surface area contributed by atoms with Gasteiger partial charge in [-0.25, -0.2) is 0 Å². The molecule has 1 atom stereocenters. The van der Waals surface area contributed by atoms with Crippen molar-refractivity contribution in [3.63, 3.8) is 0 Å².